The summed E-state index contributed by atoms with van der Waals surface area (Å²) in [7, 11) is -2.75. The fraction of sp³-hybridized carbons (Fsp3) is 0.706. The van der Waals surface area contributed by atoms with Gasteiger partial charge in [0.2, 0.25) is 5.95 Å². The molecule has 0 unspecified atom stereocenters. The zero-order valence-electron chi connectivity index (χ0n) is 15.2. The SMILES string of the molecule is O=C(c1cnc(N[C@H]2C[C@H]3CC[C@H]2C3)nc1C(F)(F)F)N1CCS(O)(O)CC1. The molecule has 2 aliphatic carbocycles. The first kappa shape index (κ1) is 19.7. The van der Waals surface area contributed by atoms with E-state index in [9.17, 15) is 27.1 Å². The molecule has 0 radical (unpaired) electrons. The average Bonchev–Trinajstić information content (AvgIpc) is 3.23. The van der Waals surface area contributed by atoms with Crippen molar-refractivity contribution in [2.45, 2.75) is 37.9 Å². The number of anilines is 1. The van der Waals surface area contributed by atoms with E-state index < -0.39 is 33.9 Å². The van der Waals surface area contributed by atoms with Gasteiger partial charge in [-0.15, -0.1) is 0 Å². The van der Waals surface area contributed by atoms with E-state index in [1.54, 1.807) is 0 Å². The minimum atomic E-state index is -4.79. The van der Waals surface area contributed by atoms with Crippen LogP contribution in [0.1, 0.15) is 41.7 Å². The number of rotatable bonds is 3. The molecule has 1 amide bonds. The van der Waals surface area contributed by atoms with Crippen LogP contribution in [0.3, 0.4) is 0 Å². The van der Waals surface area contributed by atoms with Crippen molar-refractivity contribution in [2.75, 3.05) is 29.9 Å². The summed E-state index contributed by atoms with van der Waals surface area (Å²) in [5, 5.41) is 3.03. The van der Waals surface area contributed by atoms with Crippen molar-refractivity contribution in [3.05, 3.63) is 17.5 Å². The lowest BCUT2D eigenvalue weighted by molar-refractivity contribution is -0.141. The minimum absolute atomic E-state index is 0.0103. The third kappa shape index (κ3) is 3.92. The van der Waals surface area contributed by atoms with Gasteiger partial charge >= 0.3 is 6.18 Å². The van der Waals surface area contributed by atoms with Crippen molar-refractivity contribution in [1.29, 1.82) is 0 Å². The monoisotopic (exact) mass is 420 g/mol. The Bertz CT molecular complexity index is 767. The van der Waals surface area contributed by atoms with Gasteiger partial charge < -0.3 is 10.2 Å². The third-order valence-electron chi connectivity index (χ3n) is 6.00. The molecular weight excluding hydrogens is 397 g/mol. The topological polar surface area (TPSA) is 98.6 Å². The van der Waals surface area contributed by atoms with Crippen LogP contribution in [0, 0.1) is 11.8 Å². The van der Waals surface area contributed by atoms with Crippen LogP contribution in [0.25, 0.3) is 0 Å². The summed E-state index contributed by atoms with van der Waals surface area (Å²) in [5.41, 5.74) is -1.86. The molecule has 2 saturated carbocycles. The zero-order chi connectivity index (χ0) is 20.1. The molecule has 2 heterocycles. The highest BCUT2D eigenvalue weighted by molar-refractivity contribution is 8.24. The zero-order valence-corrected chi connectivity index (χ0v) is 16.0. The van der Waals surface area contributed by atoms with Crippen LogP contribution in [-0.4, -0.2) is 60.5 Å². The number of nitrogens with zero attached hydrogens (tertiary/aromatic N) is 3. The molecule has 3 fully saturated rings. The molecule has 0 aromatic carbocycles. The van der Waals surface area contributed by atoms with Crippen LogP contribution in [-0.2, 0) is 6.18 Å². The Hall–Kier alpha value is -1.59. The van der Waals surface area contributed by atoms with Gasteiger partial charge in [0, 0.05) is 25.3 Å². The maximum atomic E-state index is 13.6. The van der Waals surface area contributed by atoms with E-state index in [0.29, 0.717) is 11.8 Å². The van der Waals surface area contributed by atoms with Crippen molar-refractivity contribution in [2.24, 2.45) is 11.8 Å². The molecule has 1 aliphatic heterocycles. The molecule has 1 saturated heterocycles. The first-order valence-electron chi connectivity index (χ1n) is 9.36. The van der Waals surface area contributed by atoms with Crippen molar-refractivity contribution < 1.29 is 27.1 Å². The van der Waals surface area contributed by atoms with Crippen LogP contribution in [0.2, 0.25) is 0 Å². The molecule has 11 heteroatoms. The number of halogens is 3. The third-order valence-corrected chi connectivity index (χ3v) is 7.68. The van der Waals surface area contributed by atoms with Crippen LogP contribution >= 0.6 is 10.6 Å². The summed E-state index contributed by atoms with van der Waals surface area (Å²) >= 11 is 0. The van der Waals surface area contributed by atoms with E-state index in [2.05, 4.69) is 15.3 Å². The summed E-state index contributed by atoms with van der Waals surface area (Å²) in [5.74, 6) is 0.0486. The van der Waals surface area contributed by atoms with Crippen molar-refractivity contribution >= 4 is 22.4 Å². The van der Waals surface area contributed by atoms with Gasteiger partial charge in [-0.05, 0) is 31.1 Å². The number of hydrogen-bond acceptors (Lipinski definition) is 6. The highest BCUT2D eigenvalue weighted by Gasteiger charge is 2.42. The van der Waals surface area contributed by atoms with E-state index in [-0.39, 0.29) is 36.6 Å². The summed E-state index contributed by atoms with van der Waals surface area (Å²) in [6.45, 7) is -0.0206. The minimum Gasteiger partial charge on any atom is -0.351 e. The molecule has 3 aliphatic rings. The summed E-state index contributed by atoms with van der Waals surface area (Å²) in [6, 6.07) is 0.0775. The fourth-order valence-electron chi connectivity index (χ4n) is 4.51. The van der Waals surface area contributed by atoms with Gasteiger partial charge in [-0.3, -0.25) is 13.9 Å². The Morgan fingerprint density at radius 3 is 2.50 bits per heavy atom. The quantitative estimate of drug-likeness (QED) is 0.694. The molecule has 4 rings (SSSR count). The Balaban J connectivity index is 1.54. The van der Waals surface area contributed by atoms with Crippen LogP contribution in [0.4, 0.5) is 19.1 Å². The summed E-state index contributed by atoms with van der Waals surface area (Å²) in [4.78, 5) is 21.4. The van der Waals surface area contributed by atoms with E-state index in [1.165, 1.54) is 11.3 Å². The average molecular weight is 420 g/mol. The molecule has 28 heavy (non-hydrogen) atoms. The molecule has 0 spiro atoms. The number of hydrogen-bond donors (Lipinski definition) is 3. The standard InChI is InChI=1S/C17H23F3N4O3S/c18-17(19,20)14-12(15(25)24-3-5-28(26,27)6-4-24)9-21-16(23-14)22-13-8-10-1-2-11(13)7-10/h9-11,13,26-27H,1-8H2,(H,21,22,23)/t10-,11-,13-/m0/s1. The first-order chi connectivity index (χ1) is 13.1. The van der Waals surface area contributed by atoms with Crippen molar-refractivity contribution in [1.82, 2.24) is 14.9 Å². The number of nitrogens with one attached hydrogen (secondary N) is 1. The highest BCUT2D eigenvalue weighted by Crippen LogP contribution is 2.45. The number of alkyl halides is 3. The van der Waals surface area contributed by atoms with E-state index in [4.69, 9.17) is 0 Å². The van der Waals surface area contributed by atoms with Gasteiger partial charge in [0.25, 0.3) is 5.91 Å². The fourth-order valence-corrected chi connectivity index (χ4v) is 5.74. The number of fused-ring (bicyclic) bond motifs is 2. The predicted octanol–water partition coefficient (Wildman–Crippen LogP) is 3.30. The second-order valence-electron chi connectivity index (χ2n) is 7.88. The Labute approximate surface area is 162 Å². The Morgan fingerprint density at radius 1 is 1.21 bits per heavy atom. The highest BCUT2D eigenvalue weighted by atomic mass is 32.3. The summed E-state index contributed by atoms with van der Waals surface area (Å²) in [6.07, 6.45) is 0.382. The predicted molar refractivity (Wildman–Crippen MR) is 98.4 cm³/mol. The van der Waals surface area contributed by atoms with Gasteiger partial charge in [-0.2, -0.15) is 23.8 Å². The summed E-state index contributed by atoms with van der Waals surface area (Å²) < 4.78 is 60.0. The van der Waals surface area contributed by atoms with Gasteiger partial charge in [-0.25, -0.2) is 9.97 Å². The van der Waals surface area contributed by atoms with Gasteiger partial charge in [0.15, 0.2) is 5.69 Å². The number of amides is 1. The van der Waals surface area contributed by atoms with E-state index >= 15 is 0 Å². The lowest BCUT2D eigenvalue weighted by atomic mass is 9.95. The smallest absolute Gasteiger partial charge is 0.351 e. The molecular formula is C17H23F3N4O3S. The van der Waals surface area contributed by atoms with E-state index in [1.807, 2.05) is 0 Å². The van der Waals surface area contributed by atoms with E-state index in [0.717, 1.165) is 25.5 Å². The molecule has 156 valence electrons. The maximum Gasteiger partial charge on any atom is 0.434 e. The second kappa shape index (κ2) is 7.03. The lowest BCUT2D eigenvalue weighted by Gasteiger charge is -2.41. The number of aromatic nitrogens is 2. The molecule has 7 nitrogen and oxygen atoms in total. The molecule has 3 N–H and O–H groups in total. The molecule has 2 bridgehead atoms. The van der Waals surface area contributed by atoms with Crippen LogP contribution in [0.15, 0.2) is 6.20 Å². The Kier molecular flexibility index (Phi) is 4.95. The van der Waals surface area contributed by atoms with Crippen LogP contribution in [0.5, 0.6) is 0 Å². The molecule has 1 aromatic heterocycles. The lowest BCUT2D eigenvalue weighted by Crippen LogP contribution is -2.43. The number of carbonyl (C=O) groups is 1. The molecule has 1 aromatic rings. The van der Waals surface area contributed by atoms with Gasteiger partial charge in [-0.1, -0.05) is 6.42 Å². The first-order valence-corrected chi connectivity index (χ1v) is 11.2. The second-order valence-corrected chi connectivity index (χ2v) is 10.3. The molecule has 3 atom stereocenters. The largest absolute Gasteiger partial charge is 0.434 e. The normalized spacial score (nSPS) is 30.3. The maximum absolute atomic E-state index is 13.6. The van der Waals surface area contributed by atoms with Gasteiger partial charge in [0.05, 0.1) is 17.1 Å². The Morgan fingerprint density at radius 2 is 1.93 bits per heavy atom. The van der Waals surface area contributed by atoms with Crippen LogP contribution < -0.4 is 5.32 Å². The van der Waals surface area contributed by atoms with Crippen molar-refractivity contribution in [3.8, 4) is 0 Å². The number of carbonyl (C=O) groups excluding carboxylic acids is 1. The van der Waals surface area contributed by atoms with Gasteiger partial charge in [0.1, 0.15) is 0 Å². The van der Waals surface area contributed by atoms with Crippen molar-refractivity contribution in [3.63, 3.8) is 0 Å².